The molecule has 0 aliphatic rings. The van der Waals surface area contributed by atoms with Crippen molar-refractivity contribution < 1.29 is 4.39 Å². The molecule has 0 spiro atoms. The second-order valence-corrected chi connectivity index (χ2v) is 4.34. The molecule has 2 rings (SSSR count). The molecule has 19 heavy (non-hydrogen) atoms. The van der Waals surface area contributed by atoms with Gasteiger partial charge in [0.15, 0.2) is 0 Å². The summed E-state index contributed by atoms with van der Waals surface area (Å²) in [5.74, 6) is 0.507. The fourth-order valence-electron chi connectivity index (χ4n) is 1.70. The van der Waals surface area contributed by atoms with Crippen LogP contribution < -0.4 is 11.1 Å². The molecule has 1 aromatic carbocycles. The lowest BCUT2D eigenvalue weighted by Gasteiger charge is -2.05. The molecule has 0 bridgehead atoms. The highest BCUT2D eigenvalue weighted by Crippen LogP contribution is 2.19. The van der Waals surface area contributed by atoms with Crippen LogP contribution in [0.1, 0.15) is 12.0 Å². The summed E-state index contributed by atoms with van der Waals surface area (Å²) in [6.45, 7) is 3.16. The number of anilines is 1. The molecule has 4 nitrogen and oxygen atoms in total. The Morgan fingerprint density at radius 1 is 1.21 bits per heavy atom. The van der Waals surface area contributed by atoms with E-state index in [-0.39, 0.29) is 5.82 Å². The molecule has 0 saturated carbocycles. The van der Waals surface area contributed by atoms with Crippen molar-refractivity contribution in [1.29, 1.82) is 0 Å². The summed E-state index contributed by atoms with van der Waals surface area (Å²) in [4.78, 5) is 0. The van der Waals surface area contributed by atoms with Crippen LogP contribution in [0.4, 0.5) is 10.2 Å². The van der Waals surface area contributed by atoms with Crippen LogP contribution in [-0.4, -0.2) is 23.3 Å². The number of rotatable bonds is 5. The molecule has 2 aromatic rings. The van der Waals surface area contributed by atoms with Crippen molar-refractivity contribution in [2.24, 2.45) is 5.73 Å². The first kappa shape index (κ1) is 13.4. The van der Waals surface area contributed by atoms with Gasteiger partial charge in [-0.1, -0.05) is 0 Å². The highest BCUT2D eigenvalue weighted by molar-refractivity contribution is 5.60. The maximum atomic E-state index is 13.2. The zero-order valence-electron chi connectivity index (χ0n) is 10.9. The minimum atomic E-state index is -0.211. The van der Waals surface area contributed by atoms with Crippen LogP contribution in [-0.2, 0) is 0 Å². The number of nitrogens with zero attached hydrogens (tertiary/aromatic N) is 2. The topological polar surface area (TPSA) is 63.8 Å². The van der Waals surface area contributed by atoms with E-state index in [0.717, 1.165) is 30.0 Å². The lowest BCUT2D eigenvalue weighted by atomic mass is 10.1. The van der Waals surface area contributed by atoms with Crippen molar-refractivity contribution in [2.45, 2.75) is 13.3 Å². The van der Waals surface area contributed by atoms with Gasteiger partial charge in [-0.05, 0) is 55.8 Å². The zero-order chi connectivity index (χ0) is 13.7. The van der Waals surface area contributed by atoms with Crippen molar-refractivity contribution in [2.75, 3.05) is 18.4 Å². The number of hydrogen-bond donors (Lipinski definition) is 2. The van der Waals surface area contributed by atoms with Crippen molar-refractivity contribution in [3.05, 3.63) is 41.7 Å². The number of nitrogens with one attached hydrogen (secondary N) is 1. The molecule has 0 aliphatic carbocycles. The minimum Gasteiger partial charge on any atom is -0.369 e. The van der Waals surface area contributed by atoms with E-state index >= 15 is 0 Å². The summed E-state index contributed by atoms with van der Waals surface area (Å²) >= 11 is 0. The first-order chi connectivity index (χ1) is 9.20. The molecule has 1 heterocycles. The van der Waals surface area contributed by atoms with E-state index in [9.17, 15) is 4.39 Å². The molecule has 3 N–H and O–H groups in total. The Bertz CT molecular complexity index is 540. The van der Waals surface area contributed by atoms with E-state index in [2.05, 4.69) is 15.5 Å². The van der Waals surface area contributed by atoms with E-state index < -0.39 is 0 Å². The number of halogens is 1. The van der Waals surface area contributed by atoms with Gasteiger partial charge in [-0.15, -0.1) is 10.2 Å². The van der Waals surface area contributed by atoms with Crippen LogP contribution in [0, 0.1) is 12.7 Å². The summed E-state index contributed by atoms with van der Waals surface area (Å²) in [6.07, 6.45) is 0.889. The van der Waals surface area contributed by atoms with Crippen molar-refractivity contribution in [1.82, 2.24) is 10.2 Å². The van der Waals surface area contributed by atoms with E-state index in [4.69, 9.17) is 5.73 Å². The van der Waals surface area contributed by atoms with Gasteiger partial charge in [0.2, 0.25) is 0 Å². The highest BCUT2D eigenvalue weighted by atomic mass is 19.1. The van der Waals surface area contributed by atoms with Gasteiger partial charge in [0.05, 0.1) is 5.69 Å². The first-order valence-corrected chi connectivity index (χ1v) is 6.25. The van der Waals surface area contributed by atoms with Crippen LogP contribution in [0.5, 0.6) is 0 Å². The fraction of sp³-hybridized carbons (Fsp3) is 0.286. The SMILES string of the molecule is Cc1cc(-c2ccc(NCCCN)nn2)ccc1F. The average Bonchev–Trinajstić information content (AvgIpc) is 2.43. The van der Waals surface area contributed by atoms with Gasteiger partial charge in [0.1, 0.15) is 11.6 Å². The second-order valence-electron chi connectivity index (χ2n) is 4.34. The molecule has 0 radical (unpaired) electrons. The first-order valence-electron chi connectivity index (χ1n) is 6.25. The van der Waals surface area contributed by atoms with E-state index in [1.165, 1.54) is 6.07 Å². The molecular formula is C14H17FN4. The second kappa shape index (κ2) is 6.24. The predicted octanol–water partition coefficient (Wildman–Crippen LogP) is 2.35. The maximum Gasteiger partial charge on any atom is 0.148 e. The third-order valence-electron chi connectivity index (χ3n) is 2.81. The average molecular weight is 260 g/mol. The molecule has 100 valence electrons. The van der Waals surface area contributed by atoms with Crippen molar-refractivity contribution >= 4 is 5.82 Å². The highest BCUT2D eigenvalue weighted by Gasteiger charge is 2.04. The standard InChI is InChI=1S/C14H17FN4/c1-10-9-11(3-4-12(10)15)13-5-6-14(19-18-13)17-8-2-7-16/h3-6,9H,2,7-8,16H2,1H3,(H,17,19). The quantitative estimate of drug-likeness (QED) is 0.810. The van der Waals surface area contributed by atoms with Gasteiger partial charge in [0, 0.05) is 12.1 Å². The van der Waals surface area contributed by atoms with Crippen LogP contribution in [0.2, 0.25) is 0 Å². The molecule has 5 heteroatoms. The van der Waals surface area contributed by atoms with Crippen LogP contribution in [0.25, 0.3) is 11.3 Å². The summed E-state index contributed by atoms with van der Waals surface area (Å²) < 4.78 is 13.2. The molecule has 0 fully saturated rings. The molecule has 1 aromatic heterocycles. The Labute approximate surface area is 111 Å². The van der Waals surface area contributed by atoms with Crippen LogP contribution in [0.3, 0.4) is 0 Å². The summed E-state index contributed by atoms with van der Waals surface area (Å²) in [7, 11) is 0. The monoisotopic (exact) mass is 260 g/mol. The number of nitrogens with two attached hydrogens (primary N) is 1. The molecular weight excluding hydrogens is 243 g/mol. The summed E-state index contributed by atoms with van der Waals surface area (Å²) in [5.41, 5.74) is 7.60. The molecule has 0 saturated heterocycles. The minimum absolute atomic E-state index is 0.211. The zero-order valence-corrected chi connectivity index (χ0v) is 10.9. The van der Waals surface area contributed by atoms with E-state index in [1.54, 1.807) is 19.1 Å². The van der Waals surface area contributed by atoms with E-state index in [0.29, 0.717) is 12.1 Å². The van der Waals surface area contributed by atoms with Gasteiger partial charge in [-0.2, -0.15) is 0 Å². The number of aromatic nitrogens is 2. The molecule has 0 aliphatic heterocycles. The van der Waals surface area contributed by atoms with Gasteiger partial charge in [-0.3, -0.25) is 0 Å². The smallest absolute Gasteiger partial charge is 0.148 e. The Morgan fingerprint density at radius 2 is 2.05 bits per heavy atom. The lowest BCUT2D eigenvalue weighted by molar-refractivity contribution is 0.618. The lowest BCUT2D eigenvalue weighted by Crippen LogP contribution is -2.09. The van der Waals surface area contributed by atoms with Crippen molar-refractivity contribution in [3.8, 4) is 11.3 Å². The largest absolute Gasteiger partial charge is 0.369 e. The molecule has 0 amide bonds. The Hall–Kier alpha value is -2.01. The third kappa shape index (κ3) is 3.48. The number of benzene rings is 1. The van der Waals surface area contributed by atoms with Crippen LogP contribution >= 0.6 is 0 Å². The Balaban J connectivity index is 2.11. The molecule has 0 unspecified atom stereocenters. The predicted molar refractivity (Wildman–Crippen MR) is 74.3 cm³/mol. The third-order valence-corrected chi connectivity index (χ3v) is 2.81. The van der Waals surface area contributed by atoms with Gasteiger partial charge < -0.3 is 11.1 Å². The molecule has 0 atom stereocenters. The van der Waals surface area contributed by atoms with Crippen LogP contribution in [0.15, 0.2) is 30.3 Å². The summed E-state index contributed by atoms with van der Waals surface area (Å²) in [5, 5.41) is 11.3. The van der Waals surface area contributed by atoms with Gasteiger partial charge >= 0.3 is 0 Å². The number of aryl methyl sites for hydroxylation is 1. The van der Waals surface area contributed by atoms with Crippen molar-refractivity contribution in [3.63, 3.8) is 0 Å². The fourth-order valence-corrected chi connectivity index (χ4v) is 1.70. The Kier molecular flexibility index (Phi) is 4.41. The summed E-state index contributed by atoms with van der Waals surface area (Å²) in [6, 6.07) is 8.64. The van der Waals surface area contributed by atoms with Gasteiger partial charge in [-0.25, -0.2) is 4.39 Å². The Morgan fingerprint density at radius 3 is 2.68 bits per heavy atom. The normalized spacial score (nSPS) is 10.5. The number of hydrogen-bond acceptors (Lipinski definition) is 4. The van der Waals surface area contributed by atoms with Gasteiger partial charge in [0.25, 0.3) is 0 Å². The van der Waals surface area contributed by atoms with E-state index in [1.807, 2.05) is 12.1 Å². The maximum absolute atomic E-state index is 13.2.